The molecule has 2 aromatic carbocycles. The number of aliphatic carboxylic acids is 1. The molecule has 3 aromatic rings. The number of carboxylic acid groups (broad SMARTS) is 1. The molecule has 4 N–H and O–H groups in total. The number of amides is 2. The lowest BCUT2D eigenvalue weighted by molar-refractivity contribution is -0.145. The summed E-state index contributed by atoms with van der Waals surface area (Å²) in [6.45, 7) is 0.504. The van der Waals surface area contributed by atoms with E-state index in [0.29, 0.717) is 0 Å². The number of aromatic nitrogens is 2. The molecule has 0 fully saturated rings. The molecule has 1 heterocycles. The molecule has 0 saturated heterocycles. The quantitative estimate of drug-likeness (QED) is 0.420. The number of anilines is 1. The van der Waals surface area contributed by atoms with Gasteiger partial charge in [-0.25, -0.2) is 9.59 Å². The van der Waals surface area contributed by atoms with Crippen LogP contribution in [0.1, 0.15) is 34.5 Å². The van der Waals surface area contributed by atoms with Crippen molar-refractivity contribution in [3.8, 4) is 11.1 Å². The number of benzene rings is 2. The second kappa shape index (κ2) is 8.99. The van der Waals surface area contributed by atoms with Gasteiger partial charge in [-0.05, 0) is 29.2 Å². The maximum atomic E-state index is 12.5. The maximum absolute atomic E-state index is 12.5. The summed E-state index contributed by atoms with van der Waals surface area (Å²) in [5, 5.41) is 27.4. The Morgan fingerprint density at radius 2 is 1.68 bits per heavy atom. The van der Waals surface area contributed by atoms with E-state index >= 15 is 0 Å². The zero-order chi connectivity index (χ0) is 24.5. The number of fused-ring (bicyclic) bond motifs is 3. The number of carboxylic acids is 1. The van der Waals surface area contributed by atoms with Crippen molar-refractivity contribution in [2.45, 2.75) is 18.4 Å². The van der Waals surface area contributed by atoms with E-state index in [4.69, 9.17) is 4.74 Å². The van der Waals surface area contributed by atoms with Crippen LogP contribution >= 0.6 is 0 Å². The Bertz CT molecular complexity index is 1220. The molecule has 0 aliphatic heterocycles. The first kappa shape index (κ1) is 23.0. The molecule has 0 spiro atoms. The van der Waals surface area contributed by atoms with Crippen molar-refractivity contribution in [2.24, 2.45) is 7.05 Å². The van der Waals surface area contributed by atoms with E-state index in [1.165, 1.54) is 24.7 Å². The smallest absolute Gasteiger partial charge is 0.412 e. The Kier molecular flexibility index (Phi) is 6.08. The van der Waals surface area contributed by atoms with E-state index in [-0.39, 0.29) is 24.0 Å². The first-order valence-corrected chi connectivity index (χ1v) is 10.6. The van der Waals surface area contributed by atoms with E-state index in [9.17, 15) is 24.6 Å². The van der Waals surface area contributed by atoms with E-state index in [2.05, 4.69) is 15.7 Å². The molecule has 0 radical (unpaired) electrons. The number of aliphatic hydroxyl groups is 1. The maximum Gasteiger partial charge on any atom is 0.412 e. The van der Waals surface area contributed by atoms with Gasteiger partial charge in [0.05, 0.1) is 6.61 Å². The van der Waals surface area contributed by atoms with Gasteiger partial charge in [-0.3, -0.25) is 14.8 Å². The van der Waals surface area contributed by atoms with Crippen LogP contribution in [0.25, 0.3) is 11.1 Å². The minimum absolute atomic E-state index is 0.00475. The zero-order valence-electron chi connectivity index (χ0n) is 18.6. The Morgan fingerprint density at radius 3 is 2.24 bits per heavy atom. The fraction of sp³-hybridized carbons (Fsp3) is 0.250. The van der Waals surface area contributed by atoms with Gasteiger partial charge >= 0.3 is 12.1 Å². The fourth-order valence-electron chi connectivity index (χ4n) is 3.96. The summed E-state index contributed by atoms with van der Waals surface area (Å²) in [7, 11) is 1.47. The number of hydrogen-bond acceptors (Lipinski definition) is 6. The number of nitrogens with zero attached hydrogens (tertiary/aromatic N) is 2. The predicted molar refractivity (Wildman–Crippen MR) is 122 cm³/mol. The van der Waals surface area contributed by atoms with Gasteiger partial charge in [-0.1, -0.05) is 48.5 Å². The number of rotatable bonds is 7. The third-order valence-electron chi connectivity index (χ3n) is 5.86. The Balaban J connectivity index is 1.42. The van der Waals surface area contributed by atoms with Crippen molar-refractivity contribution < 1.29 is 29.3 Å². The van der Waals surface area contributed by atoms with Crippen molar-refractivity contribution >= 4 is 23.8 Å². The Hall–Kier alpha value is -4.18. The van der Waals surface area contributed by atoms with Gasteiger partial charge in [-0.2, -0.15) is 5.10 Å². The van der Waals surface area contributed by atoms with Crippen molar-refractivity contribution in [1.82, 2.24) is 15.1 Å². The molecule has 0 bridgehead atoms. The Labute approximate surface area is 195 Å². The van der Waals surface area contributed by atoms with Crippen LogP contribution in [-0.4, -0.2) is 56.7 Å². The molecule has 2 amide bonds. The highest BCUT2D eigenvalue weighted by atomic mass is 16.5. The minimum Gasteiger partial charge on any atom is -0.479 e. The minimum atomic E-state index is -1.86. The van der Waals surface area contributed by atoms with Gasteiger partial charge < -0.3 is 20.3 Å². The molecule has 4 rings (SSSR count). The third kappa shape index (κ3) is 4.23. The van der Waals surface area contributed by atoms with Gasteiger partial charge in [0.1, 0.15) is 12.3 Å². The largest absolute Gasteiger partial charge is 0.479 e. The number of aliphatic hydroxyl groups excluding tert-OH is 1. The molecule has 34 heavy (non-hydrogen) atoms. The second-order valence-electron chi connectivity index (χ2n) is 8.24. The molecule has 1 unspecified atom stereocenters. The van der Waals surface area contributed by atoms with E-state index < -0.39 is 30.1 Å². The topological polar surface area (TPSA) is 143 Å². The van der Waals surface area contributed by atoms with Gasteiger partial charge in [-0.15, -0.1) is 0 Å². The molecule has 0 saturated carbocycles. The lowest BCUT2D eigenvalue weighted by Crippen LogP contribution is -2.55. The van der Waals surface area contributed by atoms with Crippen molar-refractivity contribution in [3.63, 3.8) is 0 Å². The van der Waals surface area contributed by atoms with Crippen LogP contribution in [0, 0.1) is 0 Å². The van der Waals surface area contributed by atoms with Gasteiger partial charge in [0, 0.05) is 19.0 Å². The highest BCUT2D eigenvalue weighted by Crippen LogP contribution is 2.44. The normalized spacial score (nSPS) is 14.0. The number of ether oxygens (including phenoxy) is 1. The molecule has 1 aliphatic carbocycles. The van der Waals surface area contributed by atoms with Crippen LogP contribution in [-0.2, 0) is 16.6 Å². The van der Waals surface area contributed by atoms with E-state index in [0.717, 1.165) is 22.3 Å². The SMILES string of the molecule is Cn1nc(NC(=O)OCC2c3ccccc3-c3ccccc32)cc1C(=O)NC(C)(CO)C(=O)O. The van der Waals surface area contributed by atoms with Crippen LogP contribution in [0.3, 0.4) is 0 Å². The first-order chi connectivity index (χ1) is 16.2. The standard InChI is InChI=1S/C24H24N4O6/c1-24(13-29,22(31)32)26-21(30)19-11-20(27-28(19)2)25-23(33)34-12-18-16-9-5-3-7-14(16)15-8-4-6-10-17(15)18/h3-11,18,29H,12-13H2,1-2H3,(H,26,30)(H,31,32)(H,25,27,33). The molecule has 1 aliphatic rings. The lowest BCUT2D eigenvalue weighted by Gasteiger charge is -2.23. The third-order valence-corrected chi connectivity index (χ3v) is 5.86. The summed E-state index contributed by atoms with van der Waals surface area (Å²) in [6.07, 6.45) is -0.738. The van der Waals surface area contributed by atoms with Crippen molar-refractivity contribution in [1.29, 1.82) is 0 Å². The molecule has 10 nitrogen and oxygen atoms in total. The zero-order valence-corrected chi connectivity index (χ0v) is 18.6. The number of carbonyl (C=O) groups excluding carboxylic acids is 2. The van der Waals surface area contributed by atoms with Crippen molar-refractivity contribution in [3.05, 3.63) is 71.4 Å². The molecule has 1 atom stereocenters. The predicted octanol–water partition coefficient (Wildman–Crippen LogP) is 2.35. The average Bonchev–Trinajstić information content (AvgIpc) is 3.34. The molecule has 1 aromatic heterocycles. The van der Waals surface area contributed by atoms with Gasteiger partial charge in [0.25, 0.3) is 5.91 Å². The van der Waals surface area contributed by atoms with Crippen LogP contribution in [0.4, 0.5) is 10.6 Å². The van der Waals surface area contributed by atoms with E-state index in [1.54, 1.807) is 0 Å². The summed E-state index contributed by atoms with van der Waals surface area (Å²) in [4.78, 5) is 36.3. The van der Waals surface area contributed by atoms with Gasteiger partial charge in [0.2, 0.25) is 0 Å². The first-order valence-electron chi connectivity index (χ1n) is 10.6. The summed E-state index contributed by atoms with van der Waals surface area (Å²) in [6, 6.07) is 17.2. The molecular formula is C24H24N4O6. The van der Waals surface area contributed by atoms with Crippen LogP contribution in [0.15, 0.2) is 54.6 Å². The summed E-state index contributed by atoms with van der Waals surface area (Å²) in [5.74, 6) is -2.20. The monoisotopic (exact) mass is 464 g/mol. The fourth-order valence-corrected chi connectivity index (χ4v) is 3.96. The number of hydrogen-bond donors (Lipinski definition) is 4. The van der Waals surface area contributed by atoms with Crippen LogP contribution in [0.2, 0.25) is 0 Å². The van der Waals surface area contributed by atoms with Crippen LogP contribution in [0.5, 0.6) is 0 Å². The average molecular weight is 464 g/mol. The number of nitrogens with one attached hydrogen (secondary N) is 2. The number of aryl methyl sites for hydroxylation is 1. The highest BCUT2D eigenvalue weighted by Gasteiger charge is 2.35. The molecule has 10 heteroatoms. The second-order valence-corrected chi connectivity index (χ2v) is 8.24. The summed E-state index contributed by atoms with van der Waals surface area (Å²) in [5.41, 5.74) is 2.53. The summed E-state index contributed by atoms with van der Waals surface area (Å²) < 4.78 is 6.66. The Morgan fingerprint density at radius 1 is 1.09 bits per heavy atom. The van der Waals surface area contributed by atoms with Crippen LogP contribution < -0.4 is 10.6 Å². The van der Waals surface area contributed by atoms with Crippen molar-refractivity contribution in [2.75, 3.05) is 18.5 Å². The molecule has 176 valence electrons. The molecular weight excluding hydrogens is 440 g/mol. The highest BCUT2D eigenvalue weighted by molar-refractivity contribution is 5.97. The van der Waals surface area contributed by atoms with Gasteiger partial charge in [0.15, 0.2) is 11.4 Å². The van der Waals surface area contributed by atoms with E-state index in [1.807, 2.05) is 48.5 Å². The number of carbonyl (C=O) groups is 3. The lowest BCUT2D eigenvalue weighted by atomic mass is 9.98. The summed E-state index contributed by atoms with van der Waals surface area (Å²) >= 11 is 0.